The number of anilines is 1. The highest BCUT2D eigenvalue weighted by molar-refractivity contribution is 5.42. The van der Waals surface area contributed by atoms with E-state index in [9.17, 15) is 8.78 Å². The second-order valence-electron chi connectivity index (χ2n) is 2.23. The molecule has 3 N–H and O–H groups in total. The Morgan fingerprint density at radius 1 is 1.50 bits per heavy atom. The van der Waals surface area contributed by atoms with Gasteiger partial charge in [-0.15, -0.1) is 0 Å². The molecular weight excluding hydrogens is 166 g/mol. The number of nitrogen functional groups attached to an aromatic ring is 1. The molecular formula is C7H8F2N2O. The van der Waals surface area contributed by atoms with E-state index < -0.39 is 13.0 Å². The first kappa shape index (κ1) is 8.86. The number of hydrogen-bond donors (Lipinski definition) is 2. The molecule has 5 heteroatoms. The van der Waals surface area contributed by atoms with Crippen molar-refractivity contribution in [2.45, 2.75) is 13.0 Å². The van der Waals surface area contributed by atoms with Crippen LogP contribution in [0.25, 0.3) is 0 Å². The lowest BCUT2D eigenvalue weighted by Crippen LogP contribution is -2.01. The number of rotatable bonds is 2. The van der Waals surface area contributed by atoms with Gasteiger partial charge in [-0.3, -0.25) is 0 Å². The van der Waals surface area contributed by atoms with E-state index >= 15 is 0 Å². The molecule has 1 heterocycles. The van der Waals surface area contributed by atoms with Gasteiger partial charge in [-0.05, 0) is 12.1 Å². The summed E-state index contributed by atoms with van der Waals surface area (Å²) in [5.74, 6) is 0. The third-order valence-electron chi connectivity index (χ3n) is 1.40. The van der Waals surface area contributed by atoms with Crippen molar-refractivity contribution < 1.29 is 13.9 Å². The van der Waals surface area contributed by atoms with E-state index in [0.717, 1.165) is 6.07 Å². The Morgan fingerprint density at radius 2 is 2.17 bits per heavy atom. The lowest BCUT2D eigenvalue weighted by molar-refractivity contribution is 0.145. The fourth-order valence-electron chi connectivity index (χ4n) is 0.777. The van der Waals surface area contributed by atoms with E-state index in [1.54, 1.807) is 0 Å². The molecule has 0 fully saturated rings. The van der Waals surface area contributed by atoms with Gasteiger partial charge in [0.2, 0.25) is 0 Å². The lowest BCUT2D eigenvalue weighted by Gasteiger charge is -2.03. The monoisotopic (exact) mass is 174 g/mol. The van der Waals surface area contributed by atoms with Crippen molar-refractivity contribution in [3.63, 3.8) is 0 Å². The van der Waals surface area contributed by atoms with Crippen LogP contribution in [0.1, 0.15) is 17.8 Å². The maximum atomic E-state index is 12.0. The first-order valence-corrected chi connectivity index (χ1v) is 3.29. The van der Waals surface area contributed by atoms with Crippen molar-refractivity contribution in [3.05, 3.63) is 23.5 Å². The van der Waals surface area contributed by atoms with Gasteiger partial charge in [0.1, 0.15) is 5.69 Å². The van der Waals surface area contributed by atoms with Crippen LogP contribution in [-0.2, 0) is 6.61 Å². The molecule has 66 valence electrons. The molecule has 0 bridgehead atoms. The Hall–Kier alpha value is -1.23. The van der Waals surface area contributed by atoms with Crippen LogP contribution >= 0.6 is 0 Å². The standard InChI is InChI=1S/C7H8F2N2O/c8-7(9)5-2-1-4(10)6(3-12)11-5/h1-2,7,12H,3,10H2. The minimum atomic E-state index is -2.63. The summed E-state index contributed by atoms with van der Waals surface area (Å²) in [4.78, 5) is 3.47. The van der Waals surface area contributed by atoms with Crippen molar-refractivity contribution in [3.8, 4) is 0 Å². The summed E-state index contributed by atoms with van der Waals surface area (Å²) in [5, 5.41) is 8.64. The number of aliphatic hydroxyl groups is 1. The smallest absolute Gasteiger partial charge is 0.280 e. The third-order valence-corrected chi connectivity index (χ3v) is 1.40. The molecule has 0 spiro atoms. The van der Waals surface area contributed by atoms with Crippen LogP contribution < -0.4 is 5.73 Å². The van der Waals surface area contributed by atoms with Gasteiger partial charge < -0.3 is 10.8 Å². The molecule has 0 aliphatic rings. The SMILES string of the molecule is Nc1ccc(C(F)F)nc1CO. The minimum absolute atomic E-state index is 0.0906. The van der Waals surface area contributed by atoms with Crippen LogP contribution in [-0.4, -0.2) is 10.1 Å². The molecule has 1 aromatic heterocycles. The highest BCUT2D eigenvalue weighted by Gasteiger charge is 2.10. The predicted octanol–water partition coefficient (Wildman–Crippen LogP) is 1.09. The fourth-order valence-corrected chi connectivity index (χ4v) is 0.777. The summed E-state index contributed by atoms with van der Waals surface area (Å²) in [6.07, 6.45) is -2.63. The quantitative estimate of drug-likeness (QED) is 0.705. The Labute approximate surface area is 67.8 Å². The van der Waals surface area contributed by atoms with Crippen molar-refractivity contribution in [2.75, 3.05) is 5.73 Å². The Morgan fingerprint density at radius 3 is 2.67 bits per heavy atom. The Bertz CT molecular complexity index is 278. The number of nitrogens with zero attached hydrogens (tertiary/aromatic N) is 1. The van der Waals surface area contributed by atoms with Gasteiger partial charge in [0.05, 0.1) is 18.0 Å². The largest absolute Gasteiger partial charge is 0.397 e. The number of hydrogen-bond acceptors (Lipinski definition) is 3. The molecule has 0 aromatic carbocycles. The normalized spacial score (nSPS) is 10.7. The summed E-state index contributed by atoms with van der Waals surface area (Å²) in [6.45, 7) is -0.424. The lowest BCUT2D eigenvalue weighted by atomic mass is 10.2. The zero-order valence-electron chi connectivity index (χ0n) is 6.17. The van der Waals surface area contributed by atoms with E-state index in [-0.39, 0.29) is 17.1 Å². The number of aliphatic hydroxyl groups excluding tert-OH is 1. The molecule has 12 heavy (non-hydrogen) atoms. The molecule has 0 amide bonds. The van der Waals surface area contributed by atoms with Crippen molar-refractivity contribution >= 4 is 5.69 Å². The molecule has 0 aliphatic heterocycles. The summed E-state index contributed by atoms with van der Waals surface area (Å²) in [7, 11) is 0. The van der Waals surface area contributed by atoms with Gasteiger partial charge in [0.15, 0.2) is 0 Å². The third kappa shape index (κ3) is 1.68. The van der Waals surface area contributed by atoms with Gasteiger partial charge in [0.25, 0.3) is 6.43 Å². The zero-order chi connectivity index (χ0) is 9.14. The second kappa shape index (κ2) is 3.44. The molecule has 0 unspecified atom stereocenters. The van der Waals surface area contributed by atoms with Gasteiger partial charge in [-0.25, -0.2) is 13.8 Å². The molecule has 0 saturated carbocycles. The van der Waals surface area contributed by atoms with Crippen LogP contribution in [0, 0.1) is 0 Å². The Balaban J connectivity index is 3.05. The van der Waals surface area contributed by atoms with E-state index in [1.165, 1.54) is 6.07 Å². The number of alkyl halides is 2. The molecule has 0 aliphatic carbocycles. The maximum Gasteiger partial charge on any atom is 0.280 e. The van der Waals surface area contributed by atoms with E-state index in [1.807, 2.05) is 0 Å². The van der Waals surface area contributed by atoms with Gasteiger partial charge in [0, 0.05) is 0 Å². The van der Waals surface area contributed by atoms with E-state index in [4.69, 9.17) is 10.8 Å². The van der Waals surface area contributed by atoms with Crippen molar-refractivity contribution in [1.29, 1.82) is 0 Å². The Kier molecular flexibility index (Phi) is 2.54. The average Bonchev–Trinajstić information content (AvgIpc) is 2.05. The highest BCUT2D eigenvalue weighted by Crippen LogP contribution is 2.19. The first-order chi connectivity index (χ1) is 5.65. The summed E-state index contributed by atoms with van der Waals surface area (Å²) in [6, 6.07) is 2.44. The van der Waals surface area contributed by atoms with E-state index in [0.29, 0.717) is 0 Å². The number of aromatic nitrogens is 1. The van der Waals surface area contributed by atoms with E-state index in [2.05, 4.69) is 4.98 Å². The maximum absolute atomic E-state index is 12.0. The molecule has 1 aromatic rings. The minimum Gasteiger partial charge on any atom is -0.397 e. The van der Waals surface area contributed by atoms with Crippen LogP contribution in [0.2, 0.25) is 0 Å². The number of pyridine rings is 1. The van der Waals surface area contributed by atoms with Gasteiger partial charge in [-0.2, -0.15) is 0 Å². The summed E-state index contributed by atoms with van der Waals surface area (Å²) < 4.78 is 24.1. The molecule has 1 rings (SSSR count). The number of nitrogens with two attached hydrogens (primary N) is 1. The van der Waals surface area contributed by atoms with Crippen LogP contribution in [0.3, 0.4) is 0 Å². The van der Waals surface area contributed by atoms with Crippen molar-refractivity contribution in [1.82, 2.24) is 4.98 Å². The summed E-state index contributed by atoms with van der Waals surface area (Å²) >= 11 is 0. The highest BCUT2D eigenvalue weighted by atomic mass is 19.3. The zero-order valence-corrected chi connectivity index (χ0v) is 6.17. The number of halogens is 2. The molecule has 0 saturated heterocycles. The van der Waals surface area contributed by atoms with Crippen LogP contribution in [0.15, 0.2) is 12.1 Å². The van der Waals surface area contributed by atoms with Gasteiger partial charge in [-0.1, -0.05) is 0 Å². The van der Waals surface area contributed by atoms with Crippen molar-refractivity contribution in [2.24, 2.45) is 0 Å². The van der Waals surface area contributed by atoms with Crippen LogP contribution in [0.4, 0.5) is 14.5 Å². The first-order valence-electron chi connectivity index (χ1n) is 3.29. The van der Waals surface area contributed by atoms with Crippen LogP contribution in [0.5, 0.6) is 0 Å². The molecule has 3 nitrogen and oxygen atoms in total. The average molecular weight is 174 g/mol. The molecule has 0 radical (unpaired) electrons. The summed E-state index contributed by atoms with van der Waals surface area (Å²) in [5.41, 5.74) is 5.28. The van der Waals surface area contributed by atoms with Gasteiger partial charge >= 0.3 is 0 Å². The molecule has 0 atom stereocenters. The fraction of sp³-hybridized carbons (Fsp3) is 0.286. The predicted molar refractivity (Wildman–Crippen MR) is 39.5 cm³/mol. The second-order valence-corrected chi connectivity index (χ2v) is 2.23. The topological polar surface area (TPSA) is 59.1 Å².